The number of carbonyl (C=O) groups excluding carboxylic acids is 1. The van der Waals surface area contributed by atoms with Gasteiger partial charge in [-0.25, -0.2) is 0 Å². The third kappa shape index (κ3) is 4.02. The lowest BCUT2D eigenvalue weighted by Crippen LogP contribution is -2.38. The summed E-state index contributed by atoms with van der Waals surface area (Å²) in [5.74, 6) is 2.31. The van der Waals surface area contributed by atoms with Crippen molar-refractivity contribution in [1.29, 1.82) is 0 Å². The summed E-state index contributed by atoms with van der Waals surface area (Å²) in [5, 5.41) is 0. The molecule has 1 amide bonds. The topological polar surface area (TPSA) is 54.9 Å². The van der Waals surface area contributed by atoms with Crippen molar-refractivity contribution in [3.05, 3.63) is 47.3 Å². The molecule has 0 saturated carbocycles. The van der Waals surface area contributed by atoms with Gasteiger partial charge in [0, 0.05) is 32.4 Å². The summed E-state index contributed by atoms with van der Waals surface area (Å²) in [5.41, 5.74) is 4.16. The van der Waals surface area contributed by atoms with Gasteiger partial charge in [0.1, 0.15) is 0 Å². The molecule has 1 aromatic heterocycles. The van der Waals surface area contributed by atoms with Crippen LogP contribution in [0.3, 0.4) is 0 Å². The molecule has 0 spiro atoms. The molecule has 0 atom stereocenters. The first-order valence-electron chi connectivity index (χ1n) is 10.3. The molecule has 2 aromatic rings. The zero-order valence-corrected chi connectivity index (χ0v) is 17.5. The number of nitrogens with zero attached hydrogens (tertiary/aromatic N) is 3. The Kier molecular flexibility index (Phi) is 5.60. The minimum Gasteiger partial charge on any atom is -0.493 e. The first-order chi connectivity index (χ1) is 14.1. The van der Waals surface area contributed by atoms with Gasteiger partial charge in [-0.3, -0.25) is 9.78 Å². The number of piperidine rings is 1. The molecule has 3 heterocycles. The van der Waals surface area contributed by atoms with Crippen molar-refractivity contribution >= 4 is 11.6 Å². The van der Waals surface area contributed by atoms with Crippen molar-refractivity contribution < 1.29 is 14.3 Å². The molecule has 1 saturated heterocycles. The molecular formula is C23H29N3O3. The Morgan fingerprint density at radius 2 is 1.69 bits per heavy atom. The number of aromatic nitrogens is 1. The minimum atomic E-state index is 0.0927. The maximum absolute atomic E-state index is 12.9. The van der Waals surface area contributed by atoms with Crippen LogP contribution in [0.2, 0.25) is 0 Å². The third-order valence-electron chi connectivity index (χ3n) is 6.12. The fourth-order valence-electron chi connectivity index (χ4n) is 4.22. The summed E-state index contributed by atoms with van der Waals surface area (Å²) in [6.45, 7) is 5.56. The third-order valence-corrected chi connectivity index (χ3v) is 6.12. The van der Waals surface area contributed by atoms with E-state index in [2.05, 4.69) is 28.9 Å². The number of hydrogen-bond donors (Lipinski definition) is 0. The van der Waals surface area contributed by atoms with E-state index in [1.165, 1.54) is 11.1 Å². The summed E-state index contributed by atoms with van der Waals surface area (Å²) in [4.78, 5) is 21.5. The second-order valence-electron chi connectivity index (χ2n) is 8.05. The van der Waals surface area contributed by atoms with Crippen LogP contribution in [-0.4, -0.2) is 49.6 Å². The van der Waals surface area contributed by atoms with Crippen LogP contribution in [0.25, 0.3) is 0 Å². The molecule has 0 bridgehead atoms. The Balaban J connectivity index is 1.53. The number of methoxy groups -OCH3 is 2. The normalized spacial score (nSPS) is 17.1. The standard InChI is InChI=1S/C23H29N3O3/c1-16-4-7-25(8-5-16)23(27)18-10-20(14-24-13-18)26-9-6-17-11-21(28-2)22(29-3)12-19(17)15-26/h10-14,16H,4-9,15H2,1-3H3. The van der Waals surface area contributed by atoms with E-state index in [1.807, 2.05) is 17.2 Å². The highest BCUT2D eigenvalue weighted by atomic mass is 16.5. The highest BCUT2D eigenvalue weighted by Crippen LogP contribution is 2.34. The van der Waals surface area contributed by atoms with Gasteiger partial charge in [-0.05, 0) is 54.5 Å². The van der Waals surface area contributed by atoms with Gasteiger partial charge in [-0.2, -0.15) is 0 Å². The predicted octanol–water partition coefficient (Wildman–Crippen LogP) is 3.53. The lowest BCUT2D eigenvalue weighted by Gasteiger charge is -2.32. The number of rotatable bonds is 4. The van der Waals surface area contributed by atoms with Crippen molar-refractivity contribution in [3.63, 3.8) is 0 Å². The van der Waals surface area contributed by atoms with E-state index >= 15 is 0 Å². The number of anilines is 1. The molecule has 29 heavy (non-hydrogen) atoms. The summed E-state index contributed by atoms with van der Waals surface area (Å²) in [6, 6.07) is 6.11. The second kappa shape index (κ2) is 8.31. The van der Waals surface area contributed by atoms with Crippen molar-refractivity contribution in [1.82, 2.24) is 9.88 Å². The Hall–Kier alpha value is -2.76. The molecule has 6 nitrogen and oxygen atoms in total. The number of benzene rings is 1. The lowest BCUT2D eigenvalue weighted by molar-refractivity contribution is 0.0697. The van der Waals surface area contributed by atoms with E-state index in [0.717, 1.165) is 62.6 Å². The molecule has 1 aromatic carbocycles. The molecule has 2 aliphatic rings. The van der Waals surface area contributed by atoms with E-state index in [-0.39, 0.29) is 5.91 Å². The smallest absolute Gasteiger partial charge is 0.255 e. The van der Waals surface area contributed by atoms with Crippen molar-refractivity contribution in [2.75, 3.05) is 38.8 Å². The van der Waals surface area contributed by atoms with Crippen LogP contribution in [0.5, 0.6) is 11.5 Å². The average molecular weight is 396 g/mol. The van der Waals surface area contributed by atoms with E-state index in [9.17, 15) is 4.79 Å². The van der Waals surface area contributed by atoms with Gasteiger partial charge in [-0.15, -0.1) is 0 Å². The molecule has 2 aliphatic heterocycles. The molecule has 0 radical (unpaired) electrons. The fraction of sp³-hybridized carbons (Fsp3) is 0.478. The van der Waals surface area contributed by atoms with Gasteiger partial charge < -0.3 is 19.3 Å². The minimum absolute atomic E-state index is 0.0927. The van der Waals surface area contributed by atoms with E-state index in [0.29, 0.717) is 11.5 Å². The van der Waals surface area contributed by atoms with Gasteiger partial charge in [0.15, 0.2) is 11.5 Å². The van der Waals surface area contributed by atoms with Gasteiger partial charge in [0.2, 0.25) is 0 Å². The lowest BCUT2D eigenvalue weighted by atomic mass is 9.98. The van der Waals surface area contributed by atoms with Crippen LogP contribution in [0, 0.1) is 5.92 Å². The highest BCUT2D eigenvalue weighted by molar-refractivity contribution is 5.94. The molecule has 6 heteroatoms. The number of likely N-dealkylation sites (tertiary alicyclic amines) is 1. The van der Waals surface area contributed by atoms with Gasteiger partial charge in [0.05, 0.1) is 31.7 Å². The van der Waals surface area contributed by atoms with Crippen molar-refractivity contribution in [3.8, 4) is 11.5 Å². The van der Waals surface area contributed by atoms with Crippen LogP contribution < -0.4 is 14.4 Å². The second-order valence-corrected chi connectivity index (χ2v) is 8.05. The van der Waals surface area contributed by atoms with Crippen LogP contribution in [0.1, 0.15) is 41.3 Å². The van der Waals surface area contributed by atoms with Crippen LogP contribution in [0.15, 0.2) is 30.6 Å². The molecule has 0 unspecified atom stereocenters. The molecule has 0 N–H and O–H groups in total. The average Bonchev–Trinajstić information content (AvgIpc) is 2.77. The first kappa shape index (κ1) is 19.6. The summed E-state index contributed by atoms with van der Waals surface area (Å²) in [6.07, 6.45) is 6.61. The molecular weight excluding hydrogens is 366 g/mol. The summed E-state index contributed by atoms with van der Waals surface area (Å²) in [7, 11) is 3.32. The zero-order valence-electron chi connectivity index (χ0n) is 17.5. The SMILES string of the molecule is COc1cc2c(cc1OC)CN(c1cncc(C(=O)N3CCC(C)CC3)c1)CC2. The molecule has 1 fully saturated rings. The Labute approximate surface area is 172 Å². The van der Waals surface area contributed by atoms with Crippen LogP contribution >= 0.6 is 0 Å². The van der Waals surface area contributed by atoms with Crippen LogP contribution in [0.4, 0.5) is 5.69 Å². The maximum atomic E-state index is 12.9. The number of ether oxygens (including phenoxy) is 2. The quantitative estimate of drug-likeness (QED) is 0.793. The number of carbonyl (C=O) groups is 1. The molecule has 154 valence electrons. The molecule has 4 rings (SSSR count). The number of fused-ring (bicyclic) bond motifs is 1. The highest BCUT2D eigenvalue weighted by Gasteiger charge is 2.24. The maximum Gasteiger partial charge on any atom is 0.255 e. The Morgan fingerprint density at radius 1 is 1.00 bits per heavy atom. The fourth-order valence-corrected chi connectivity index (χ4v) is 4.22. The van der Waals surface area contributed by atoms with Gasteiger partial charge in [-0.1, -0.05) is 6.92 Å². The van der Waals surface area contributed by atoms with Gasteiger partial charge in [0.25, 0.3) is 5.91 Å². The Morgan fingerprint density at radius 3 is 2.38 bits per heavy atom. The van der Waals surface area contributed by atoms with Crippen molar-refractivity contribution in [2.24, 2.45) is 5.92 Å². The number of amides is 1. The largest absolute Gasteiger partial charge is 0.493 e. The Bertz CT molecular complexity index is 891. The van der Waals surface area contributed by atoms with E-state index in [1.54, 1.807) is 20.4 Å². The van der Waals surface area contributed by atoms with E-state index < -0.39 is 0 Å². The zero-order chi connectivity index (χ0) is 20.4. The van der Waals surface area contributed by atoms with Gasteiger partial charge >= 0.3 is 0 Å². The molecule has 0 aliphatic carbocycles. The number of pyridine rings is 1. The summed E-state index contributed by atoms with van der Waals surface area (Å²) < 4.78 is 10.9. The summed E-state index contributed by atoms with van der Waals surface area (Å²) >= 11 is 0. The first-order valence-corrected chi connectivity index (χ1v) is 10.3. The predicted molar refractivity (Wildman–Crippen MR) is 113 cm³/mol. The monoisotopic (exact) mass is 395 g/mol. The number of hydrogen-bond acceptors (Lipinski definition) is 5. The van der Waals surface area contributed by atoms with E-state index in [4.69, 9.17) is 9.47 Å². The van der Waals surface area contributed by atoms with Crippen LogP contribution in [-0.2, 0) is 13.0 Å². The van der Waals surface area contributed by atoms with Crippen molar-refractivity contribution in [2.45, 2.75) is 32.7 Å².